The Balaban J connectivity index is 1.41. The third-order valence-electron chi connectivity index (χ3n) is 5.56. The van der Waals surface area contributed by atoms with Crippen LogP contribution in [-0.2, 0) is 6.54 Å². The van der Waals surface area contributed by atoms with Gasteiger partial charge in [0, 0.05) is 44.9 Å². The lowest BCUT2D eigenvalue weighted by Crippen LogP contribution is -2.42. The summed E-state index contributed by atoms with van der Waals surface area (Å²) < 4.78 is 21.5. The second-order valence-corrected chi connectivity index (χ2v) is 7.28. The van der Waals surface area contributed by atoms with Crippen molar-refractivity contribution in [2.45, 2.75) is 44.2 Å². The minimum Gasteiger partial charge on any atom is -0.487 e. The van der Waals surface area contributed by atoms with E-state index in [0.29, 0.717) is 38.0 Å². The third-order valence-corrected chi connectivity index (χ3v) is 5.56. The molecule has 0 aliphatic carbocycles. The summed E-state index contributed by atoms with van der Waals surface area (Å²) >= 11 is 0. The lowest BCUT2D eigenvalue weighted by molar-refractivity contribution is 0.0586. The highest BCUT2D eigenvalue weighted by molar-refractivity contribution is 5.95. The fraction of sp³-hybridized carbons (Fsp3) is 0.500. The fourth-order valence-corrected chi connectivity index (χ4v) is 4.09. The fourth-order valence-electron chi connectivity index (χ4n) is 4.09. The molecule has 27 heavy (non-hydrogen) atoms. The highest BCUT2D eigenvalue weighted by atomic mass is 19.1. The first-order valence-electron chi connectivity index (χ1n) is 9.63. The second kappa shape index (κ2) is 7.68. The summed E-state index contributed by atoms with van der Waals surface area (Å²) in [4.78, 5) is 14.9. The predicted octanol–water partition coefficient (Wildman–Crippen LogP) is 2.54. The Labute approximate surface area is 158 Å². The molecule has 1 amide bonds. The van der Waals surface area contributed by atoms with E-state index < -0.39 is 0 Å². The molecule has 0 spiro atoms. The number of rotatable bonds is 4. The maximum Gasteiger partial charge on any atom is 0.257 e. The SMILES string of the molecule is NCC1CCCn2ncc(C(=O)N3CCC(Oc4ccccc4F)CC3)c21. The zero-order valence-electron chi connectivity index (χ0n) is 15.3. The van der Waals surface area contributed by atoms with Gasteiger partial charge in [0.05, 0.1) is 17.5 Å². The molecule has 1 atom stereocenters. The monoisotopic (exact) mass is 372 g/mol. The molecule has 0 radical (unpaired) electrons. The number of aryl methyl sites for hydroxylation is 1. The number of ether oxygens (including phenoxy) is 1. The molecule has 2 aromatic rings. The zero-order chi connectivity index (χ0) is 18.8. The second-order valence-electron chi connectivity index (χ2n) is 7.28. The number of aromatic nitrogens is 2. The van der Waals surface area contributed by atoms with Crippen molar-refractivity contribution in [3.05, 3.63) is 47.5 Å². The van der Waals surface area contributed by atoms with Crippen LogP contribution in [-0.4, -0.2) is 46.3 Å². The molecular formula is C20H25FN4O2. The first kappa shape index (κ1) is 18.0. The van der Waals surface area contributed by atoms with Crippen molar-refractivity contribution in [2.75, 3.05) is 19.6 Å². The Bertz CT molecular complexity index is 814. The normalized spacial score (nSPS) is 20.4. The summed E-state index contributed by atoms with van der Waals surface area (Å²) in [7, 11) is 0. The quantitative estimate of drug-likeness (QED) is 0.895. The summed E-state index contributed by atoms with van der Waals surface area (Å²) in [6, 6.07) is 6.43. The van der Waals surface area contributed by atoms with Gasteiger partial charge in [0.25, 0.3) is 5.91 Å². The molecular weight excluding hydrogens is 347 g/mol. The summed E-state index contributed by atoms with van der Waals surface area (Å²) in [6.07, 6.45) is 5.02. The highest BCUT2D eigenvalue weighted by Gasteiger charge is 2.31. The van der Waals surface area contributed by atoms with Gasteiger partial charge in [-0.2, -0.15) is 5.10 Å². The Kier molecular flexibility index (Phi) is 5.11. The number of carbonyl (C=O) groups excluding carboxylic acids is 1. The zero-order valence-corrected chi connectivity index (χ0v) is 15.3. The van der Waals surface area contributed by atoms with Crippen molar-refractivity contribution in [2.24, 2.45) is 5.73 Å². The van der Waals surface area contributed by atoms with Crippen molar-refractivity contribution in [1.82, 2.24) is 14.7 Å². The van der Waals surface area contributed by atoms with E-state index in [2.05, 4.69) is 5.10 Å². The number of hydrogen-bond acceptors (Lipinski definition) is 4. The van der Waals surface area contributed by atoms with E-state index in [4.69, 9.17) is 10.5 Å². The van der Waals surface area contributed by atoms with Crippen molar-refractivity contribution in [1.29, 1.82) is 0 Å². The van der Waals surface area contributed by atoms with Crippen molar-refractivity contribution < 1.29 is 13.9 Å². The molecule has 1 saturated heterocycles. The number of benzene rings is 1. The van der Waals surface area contributed by atoms with Gasteiger partial charge in [-0.15, -0.1) is 0 Å². The van der Waals surface area contributed by atoms with Crippen LogP contribution in [0.25, 0.3) is 0 Å². The Hall–Kier alpha value is -2.41. The molecule has 0 bridgehead atoms. The third kappa shape index (κ3) is 3.56. The maximum absolute atomic E-state index is 13.8. The van der Waals surface area contributed by atoms with Crippen LogP contribution in [0.4, 0.5) is 4.39 Å². The minimum absolute atomic E-state index is 0.0148. The van der Waals surface area contributed by atoms with E-state index in [1.165, 1.54) is 6.07 Å². The van der Waals surface area contributed by atoms with E-state index >= 15 is 0 Å². The molecule has 6 nitrogen and oxygen atoms in total. The number of nitrogens with two attached hydrogens (primary N) is 1. The van der Waals surface area contributed by atoms with Gasteiger partial charge < -0.3 is 15.4 Å². The minimum atomic E-state index is -0.352. The highest BCUT2D eigenvalue weighted by Crippen LogP contribution is 2.30. The van der Waals surface area contributed by atoms with Gasteiger partial charge in [0.2, 0.25) is 0 Å². The van der Waals surface area contributed by atoms with Crippen LogP contribution in [0.5, 0.6) is 5.75 Å². The van der Waals surface area contributed by atoms with Gasteiger partial charge in [-0.25, -0.2) is 4.39 Å². The van der Waals surface area contributed by atoms with E-state index in [-0.39, 0.29) is 29.5 Å². The number of fused-ring (bicyclic) bond motifs is 1. The van der Waals surface area contributed by atoms with Gasteiger partial charge in [-0.3, -0.25) is 9.48 Å². The molecule has 2 aliphatic rings. The maximum atomic E-state index is 13.8. The number of hydrogen-bond donors (Lipinski definition) is 1. The molecule has 3 heterocycles. The standard InChI is InChI=1S/C20H25FN4O2/c21-17-5-1-2-6-18(17)27-15-7-10-24(11-8-15)20(26)16-13-23-25-9-3-4-14(12-22)19(16)25/h1-2,5-6,13-15H,3-4,7-12,22H2. The molecule has 2 aliphatic heterocycles. The molecule has 1 fully saturated rings. The predicted molar refractivity (Wildman–Crippen MR) is 99.2 cm³/mol. The van der Waals surface area contributed by atoms with Gasteiger partial charge in [-0.05, 0) is 25.0 Å². The van der Waals surface area contributed by atoms with Crippen LogP contribution in [0.1, 0.15) is 47.7 Å². The van der Waals surface area contributed by atoms with Gasteiger partial charge in [0.1, 0.15) is 6.10 Å². The van der Waals surface area contributed by atoms with E-state index in [0.717, 1.165) is 25.1 Å². The van der Waals surface area contributed by atoms with Crippen LogP contribution >= 0.6 is 0 Å². The topological polar surface area (TPSA) is 73.4 Å². The largest absolute Gasteiger partial charge is 0.487 e. The summed E-state index contributed by atoms with van der Waals surface area (Å²) in [5.41, 5.74) is 7.58. The van der Waals surface area contributed by atoms with Crippen LogP contribution < -0.4 is 10.5 Å². The first-order chi connectivity index (χ1) is 13.2. The number of para-hydroxylation sites is 1. The molecule has 1 aromatic carbocycles. The van der Waals surface area contributed by atoms with Crippen molar-refractivity contribution in [3.63, 3.8) is 0 Å². The van der Waals surface area contributed by atoms with Gasteiger partial charge >= 0.3 is 0 Å². The van der Waals surface area contributed by atoms with Crippen molar-refractivity contribution in [3.8, 4) is 5.75 Å². The summed E-state index contributed by atoms with van der Waals surface area (Å²) in [5, 5.41) is 4.40. The van der Waals surface area contributed by atoms with Gasteiger partial charge in [0.15, 0.2) is 11.6 Å². The molecule has 144 valence electrons. The first-order valence-corrected chi connectivity index (χ1v) is 9.63. The van der Waals surface area contributed by atoms with E-state index in [1.54, 1.807) is 24.4 Å². The van der Waals surface area contributed by atoms with Gasteiger partial charge in [-0.1, -0.05) is 12.1 Å². The molecule has 0 saturated carbocycles. The van der Waals surface area contributed by atoms with E-state index in [1.807, 2.05) is 9.58 Å². The Morgan fingerprint density at radius 2 is 2.00 bits per heavy atom. The summed E-state index contributed by atoms with van der Waals surface area (Å²) in [5.74, 6) is 0.136. The van der Waals surface area contributed by atoms with Crippen molar-refractivity contribution >= 4 is 5.91 Å². The number of nitrogens with zero attached hydrogens (tertiary/aromatic N) is 3. The number of carbonyl (C=O) groups is 1. The smallest absolute Gasteiger partial charge is 0.257 e. The molecule has 1 aromatic heterocycles. The van der Waals surface area contributed by atoms with E-state index in [9.17, 15) is 9.18 Å². The van der Waals surface area contributed by atoms with Crippen LogP contribution in [0.3, 0.4) is 0 Å². The average Bonchev–Trinajstić information content (AvgIpc) is 3.14. The van der Waals surface area contributed by atoms with Crippen LogP contribution in [0.15, 0.2) is 30.5 Å². The van der Waals surface area contributed by atoms with Crippen LogP contribution in [0, 0.1) is 5.82 Å². The number of halogens is 1. The molecule has 2 N–H and O–H groups in total. The lowest BCUT2D eigenvalue weighted by atomic mass is 9.93. The molecule has 7 heteroatoms. The summed E-state index contributed by atoms with van der Waals surface area (Å²) in [6.45, 7) is 2.56. The number of piperidine rings is 1. The average molecular weight is 372 g/mol. The Morgan fingerprint density at radius 3 is 2.74 bits per heavy atom. The van der Waals surface area contributed by atoms with Crippen LogP contribution in [0.2, 0.25) is 0 Å². The Morgan fingerprint density at radius 1 is 1.22 bits per heavy atom. The number of likely N-dealkylation sites (tertiary alicyclic amines) is 1. The molecule has 4 rings (SSSR count). The lowest BCUT2D eigenvalue weighted by Gasteiger charge is -2.33. The number of amides is 1. The molecule has 1 unspecified atom stereocenters.